The molecule has 3 heterocycles. The van der Waals surface area contributed by atoms with Gasteiger partial charge < -0.3 is 0 Å². The number of aliphatic imine (C=N–C) groups is 1. The molecule has 0 radical (unpaired) electrons. The van der Waals surface area contributed by atoms with Gasteiger partial charge in [0.25, 0.3) is 0 Å². The van der Waals surface area contributed by atoms with Crippen LogP contribution in [0.25, 0.3) is 11.3 Å². The number of aromatic nitrogens is 4. The minimum Gasteiger partial charge on any atom is -0.281 e. The maximum Gasteiger partial charge on any atom is 0.246 e. The smallest absolute Gasteiger partial charge is 0.246 e. The molecule has 0 spiro atoms. The third kappa shape index (κ3) is 4.51. The summed E-state index contributed by atoms with van der Waals surface area (Å²) in [6, 6.07) is 7.42. The number of nitrogens with zero attached hydrogens (tertiary/aromatic N) is 6. The van der Waals surface area contributed by atoms with Crippen LogP contribution in [-0.2, 0) is 15.3 Å². The van der Waals surface area contributed by atoms with Crippen molar-refractivity contribution in [2.45, 2.75) is 63.5 Å². The van der Waals surface area contributed by atoms with E-state index in [-0.39, 0.29) is 36.2 Å². The zero-order valence-corrected chi connectivity index (χ0v) is 24.0. The number of sulfone groups is 1. The summed E-state index contributed by atoms with van der Waals surface area (Å²) in [5, 5.41) is 9.93. The number of nitrogens with one attached hydrogen (secondary N) is 1. The molecule has 9 nitrogen and oxygen atoms in total. The number of hydrogen-bond acceptors (Lipinski definition) is 9. The first kappa shape index (κ1) is 28.0. The van der Waals surface area contributed by atoms with Crippen LogP contribution in [0.1, 0.15) is 69.8 Å². The van der Waals surface area contributed by atoms with Gasteiger partial charge in [0.2, 0.25) is 5.95 Å². The van der Waals surface area contributed by atoms with Crippen molar-refractivity contribution in [2.24, 2.45) is 10.9 Å². The number of amidine groups is 1. The third-order valence-corrected chi connectivity index (χ3v) is 9.94. The number of hydrogen-bond donors (Lipinski definition) is 1. The lowest BCUT2D eigenvalue weighted by molar-refractivity contribution is 0.398. The van der Waals surface area contributed by atoms with Crippen molar-refractivity contribution in [3.63, 3.8) is 0 Å². The van der Waals surface area contributed by atoms with Crippen LogP contribution in [0.4, 0.5) is 14.7 Å². The van der Waals surface area contributed by atoms with E-state index >= 15 is 0 Å². The molecule has 1 saturated carbocycles. The lowest BCUT2D eigenvalue weighted by atomic mass is 9.75. The summed E-state index contributed by atoms with van der Waals surface area (Å²) in [5.41, 5.74) is 5.20. The highest BCUT2D eigenvalue weighted by Crippen LogP contribution is 2.62. The Labute approximate surface area is 233 Å². The van der Waals surface area contributed by atoms with E-state index in [0.717, 1.165) is 29.8 Å². The van der Waals surface area contributed by atoms with Gasteiger partial charge in [-0.25, -0.2) is 37.2 Å². The summed E-state index contributed by atoms with van der Waals surface area (Å²) >= 11 is 0. The van der Waals surface area contributed by atoms with Crippen molar-refractivity contribution in [3.05, 3.63) is 65.1 Å². The molecule has 6 rings (SSSR count). The Morgan fingerprint density at radius 2 is 1.90 bits per heavy atom. The van der Waals surface area contributed by atoms with Gasteiger partial charge in [0.1, 0.15) is 34.0 Å². The van der Waals surface area contributed by atoms with Crippen LogP contribution in [0.15, 0.2) is 41.5 Å². The van der Waals surface area contributed by atoms with Gasteiger partial charge in [-0.15, -0.1) is 5.10 Å². The average molecular weight is 570 g/mol. The fourth-order valence-electron chi connectivity index (χ4n) is 6.10. The molecule has 2 bridgehead atoms. The van der Waals surface area contributed by atoms with Gasteiger partial charge in [0, 0.05) is 18.9 Å². The van der Waals surface area contributed by atoms with Crippen LogP contribution in [0.2, 0.25) is 0 Å². The van der Waals surface area contributed by atoms with E-state index in [9.17, 15) is 17.2 Å². The maximum absolute atomic E-state index is 14.5. The van der Waals surface area contributed by atoms with Crippen molar-refractivity contribution in [3.8, 4) is 11.3 Å². The van der Waals surface area contributed by atoms with Crippen LogP contribution in [0, 0.1) is 17.6 Å². The summed E-state index contributed by atoms with van der Waals surface area (Å²) in [4.78, 5) is 13.8. The highest BCUT2D eigenvalue weighted by molar-refractivity contribution is 7.91. The predicted molar refractivity (Wildman–Crippen MR) is 150 cm³/mol. The van der Waals surface area contributed by atoms with Gasteiger partial charge in [0.05, 0.1) is 33.3 Å². The summed E-state index contributed by atoms with van der Waals surface area (Å²) in [6.07, 6.45) is 4.90. The Bertz CT molecular complexity index is 1560. The minimum absolute atomic E-state index is 0.157. The van der Waals surface area contributed by atoms with Gasteiger partial charge in [-0.05, 0) is 61.4 Å². The van der Waals surface area contributed by atoms with E-state index in [1.54, 1.807) is 24.2 Å². The first-order chi connectivity index (χ1) is 19.1. The normalized spacial score (nSPS) is 23.7. The standard InChI is InChI=1S/C26H27F2N7O2S.C2H6/c1-14(38(3,36)37)11-22-30-13-35(34-22)25-29-10-8-21(31-25)26-9-7-16(15(26)2)17-12-20(32-33-24(17)26)23-18(27)5-4-6-19(23)28;1-2/h4-6,8,10,12,14-16H,7,9,11,13H2,1-3H3,(H,30,34);1-2H3/t14-,15?,16+,26-;/m0./s1. The first-order valence-corrected chi connectivity index (χ1v) is 15.5. The second-order valence-corrected chi connectivity index (χ2v) is 12.9. The largest absolute Gasteiger partial charge is 0.281 e. The first-order valence-electron chi connectivity index (χ1n) is 13.5. The third-order valence-electron chi connectivity index (χ3n) is 8.31. The number of fused-ring (bicyclic) bond motifs is 5. The minimum atomic E-state index is -3.18. The Balaban J connectivity index is 0.00000158. The van der Waals surface area contributed by atoms with E-state index in [4.69, 9.17) is 4.98 Å². The summed E-state index contributed by atoms with van der Waals surface area (Å²) in [6.45, 7) is 8.07. The number of anilines is 1. The molecular formula is C28H33F2N7O2S. The van der Waals surface area contributed by atoms with Gasteiger partial charge >= 0.3 is 0 Å². The molecule has 1 N–H and O–H groups in total. The summed E-state index contributed by atoms with van der Waals surface area (Å²) in [5.74, 6) is -0.0272. The zero-order chi connectivity index (χ0) is 28.8. The predicted octanol–water partition coefficient (Wildman–Crippen LogP) is 4.56. The molecule has 0 saturated heterocycles. The SMILES string of the molecule is CC.CC1[C@H]2CC[C@]1(c1ccnc(N3CN=C(C[C@H](C)S(C)(=O)=O)N3)n1)c1nnc(-c3c(F)cccc3F)cc12. The molecule has 212 valence electrons. The van der Waals surface area contributed by atoms with Crippen LogP contribution in [0.3, 0.4) is 0 Å². The number of rotatable bonds is 6. The Kier molecular flexibility index (Phi) is 7.32. The lowest BCUT2D eigenvalue weighted by Crippen LogP contribution is -2.39. The van der Waals surface area contributed by atoms with Gasteiger partial charge in [-0.3, -0.25) is 5.43 Å². The van der Waals surface area contributed by atoms with Crippen molar-refractivity contribution in [1.29, 1.82) is 0 Å². The molecule has 40 heavy (non-hydrogen) atoms. The Morgan fingerprint density at radius 3 is 2.60 bits per heavy atom. The molecular weight excluding hydrogens is 536 g/mol. The molecule has 2 aromatic heterocycles. The summed E-state index contributed by atoms with van der Waals surface area (Å²) in [7, 11) is -3.18. The quantitative estimate of drug-likeness (QED) is 0.460. The molecule has 12 heteroatoms. The molecule has 0 amide bonds. The summed E-state index contributed by atoms with van der Waals surface area (Å²) < 4.78 is 52.6. The molecule has 1 aromatic carbocycles. The molecule has 2 aliphatic carbocycles. The van der Waals surface area contributed by atoms with E-state index in [2.05, 4.69) is 32.5 Å². The number of benzene rings is 1. The topological polar surface area (TPSA) is 113 Å². The fourth-order valence-corrected chi connectivity index (χ4v) is 6.56. The van der Waals surface area contributed by atoms with Gasteiger partial charge in [-0.1, -0.05) is 26.8 Å². The van der Waals surface area contributed by atoms with Crippen LogP contribution in [0.5, 0.6) is 0 Å². The Hall–Kier alpha value is -3.54. The zero-order valence-electron chi connectivity index (χ0n) is 23.2. The lowest BCUT2D eigenvalue weighted by Gasteiger charge is -2.30. The molecule has 4 atom stereocenters. The van der Waals surface area contributed by atoms with Crippen LogP contribution >= 0.6 is 0 Å². The molecule has 3 aromatic rings. The van der Waals surface area contributed by atoms with E-state index in [1.165, 1.54) is 24.5 Å². The van der Waals surface area contributed by atoms with Crippen molar-refractivity contribution in [1.82, 2.24) is 25.6 Å². The monoisotopic (exact) mass is 569 g/mol. The second-order valence-electron chi connectivity index (χ2n) is 10.4. The maximum atomic E-state index is 14.5. The Morgan fingerprint density at radius 1 is 1.18 bits per heavy atom. The second kappa shape index (κ2) is 10.5. The van der Waals surface area contributed by atoms with Crippen molar-refractivity contribution >= 4 is 21.6 Å². The van der Waals surface area contributed by atoms with E-state index < -0.39 is 32.1 Å². The van der Waals surface area contributed by atoms with Crippen LogP contribution in [-0.4, -0.2) is 52.6 Å². The number of halogens is 2. The van der Waals surface area contributed by atoms with Crippen LogP contribution < -0.4 is 10.4 Å². The van der Waals surface area contributed by atoms with Crippen molar-refractivity contribution < 1.29 is 17.2 Å². The highest BCUT2D eigenvalue weighted by atomic mass is 32.2. The highest BCUT2D eigenvalue weighted by Gasteiger charge is 2.58. The molecule has 1 unspecified atom stereocenters. The average Bonchev–Trinajstić information content (AvgIpc) is 3.60. The molecule has 1 aliphatic heterocycles. The molecule has 3 aliphatic rings. The van der Waals surface area contributed by atoms with E-state index in [0.29, 0.717) is 11.8 Å². The number of hydrazine groups is 1. The molecule has 1 fully saturated rings. The fraction of sp³-hybridized carbons (Fsp3) is 0.464. The van der Waals surface area contributed by atoms with Gasteiger partial charge in [-0.2, -0.15) is 5.10 Å². The van der Waals surface area contributed by atoms with Crippen molar-refractivity contribution in [2.75, 3.05) is 17.9 Å². The van der Waals surface area contributed by atoms with E-state index in [1.807, 2.05) is 19.9 Å². The van der Waals surface area contributed by atoms with Gasteiger partial charge in [0.15, 0.2) is 0 Å².